The molecule has 2 nitrogen and oxygen atoms in total. The standard InChI is InChI=1S/C16H22F3NO/c1-2-3-4-5-6-7-8-11-20-16(21)12-9-10-13(17)15(19)14(12)18/h9-10H,2-8,11H2,1H3,(H,20,21). The molecule has 0 fully saturated rings. The Kier molecular flexibility index (Phi) is 7.87. The first-order chi connectivity index (χ1) is 10.1. The first kappa shape index (κ1) is 17.5. The highest BCUT2D eigenvalue weighted by atomic mass is 19.2. The summed E-state index contributed by atoms with van der Waals surface area (Å²) in [5.41, 5.74) is -0.461. The molecule has 0 unspecified atom stereocenters. The predicted molar refractivity (Wildman–Crippen MR) is 76.6 cm³/mol. The number of amides is 1. The fourth-order valence-corrected chi connectivity index (χ4v) is 2.08. The second kappa shape index (κ2) is 9.42. The number of hydrogen-bond donors (Lipinski definition) is 1. The van der Waals surface area contributed by atoms with E-state index in [-0.39, 0.29) is 0 Å². The topological polar surface area (TPSA) is 29.1 Å². The fourth-order valence-electron chi connectivity index (χ4n) is 2.08. The summed E-state index contributed by atoms with van der Waals surface area (Å²) in [6, 6.07) is 1.70. The second-order valence-corrected chi connectivity index (χ2v) is 5.10. The molecule has 1 aromatic rings. The Morgan fingerprint density at radius 1 is 0.952 bits per heavy atom. The van der Waals surface area contributed by atoms with Gasteiger partial charge in [0.15, 0.2) is 17.5 Å². The van der Waals surface area contributed by atoms with Crippen molar-refractivity contribution in [3.63, 3.8) is 0 Å². The lowest BCUT2D eigenvalue weighted by Crippen LogP contribution is -2.25. The van der Waals surface area contributed by atoms with E-state index in [1.165, 1.54) is 25.7 Å². The minimum atomic E-state index is -1.61. The molecule has 0 aromatic heterocycles. The molecule has 0 saturated carbocycles. The zero-order chi connectivity index (χ0) is 15.7. The molecule has 0 aliphatic heterocycles. The number of rotatable bonds is 9. The van der Waals surface area contributed by atoms with E-state index in [2.05, 4.69) is 12.2 Å². The maximum atomic E-state index is 13.4. The minimum absolute atomic E-state index is 0.408. The Morgan fingerprint density at radius 2 is 1.57 bits per heavy atom. The van der Waals surface area contributed by atoms with Crippen LogP contribution in [0.4, 0.5) is 13.2 Å². The molecule has 118 valence electrons. The van der Waals surface area contributed by atoms with E-state index in [1.54, 1.807) is 0 Å². The SMILES string of the molecule is CCCCCCCCCNC(=O)c1ccc(F)c(F)c1F. The van der Waals surface area contributed by atoms with E-state index < -0.39 is 28.9 Å². The Hall–Kier alpha value is -1.52. The van der Waals surface area contributed by atoms with Gasteiger partial charge in [-0.3, -0.25) is 4.79 Å². The van der Waals surface area contributed by atoms with Crippen molar-refractivity contribution in [1.29, 1.82) is 0 Å². The van der Waals surface area contributed by atoms with Gasteiger partial charge in [0.25, 0.3) is 5.91 Å². The van der Waals surface area contributed by atoms with Gasteiger partial charge in [-0.25, -0.2) is 13.2 Å². The molecule has 0 heterocycles. The third-order valence-corrected chi connectivity index (χ3v) is 3.35. The molecular formula is C16H22F3NO. The normalized spacial score (nSPS) is 10.7. The Morgan fingerprint density at radius 3 is 2.24 bits per heavy atom. The molecule has 5 heteroatoms. The number of unbranched alkanes of at least 4 members (excludes halogenated alkanes) is 6. The molecule has 1 amide bonds. The molecule has 0 aliphatic carbocycles. The molecule has 0 atom stereocenters. The minimum Gasteiger partial charge on any atom is -0.352 e. The molecule has 1 rings (SSSR count). The zero-order valence-electron chi connectivity index (χ0n) is 12.4. The number of halogens is 3. The van der Waals surface area contributed by atoms with Crippen molar-refractivity contribution in [1.82, 2.24) is 5.32 Å². The van der Waals surface area contributed by atoms with Gasteiger partial charge in [-0.15, -0.1) is 0 Å². The summed E-state index contributed by atoms with van der Waals surface area (Å²) in [6.45, 7) is 2.57. The summed E-state index contributed by atoms with van der Waals surface area (Å²) in [4.78, 5) is 11.7. The molecular weight excluding hydrogens is 279 g/mol. The van der Waals surface area contributed by atoms with Gasteiger partial charge in [0.05, 0.1) is 5.56 Å². The number of carbonyl (C=O) groups excluding carboxylic acids is 1. The van der Waals surface area contributed by atoms with Gasteiger partial charge in [-0.2, -0.15) is 0 Å². The summed E-state index contributed by atoms with van der Waals surface area (Å²) in [5.74, 6) is -5.06. The molecule has 0 bridgehead atoms. The maximum absolute atomic E-state index is 13.4. The van der Waals surface area contributed by atoms with Crippen LogP contribution in [0.15, 0.2) is 12.1 Å². The highest BCUT2D eigenvalue weighted by Gasteiger charge is 2.18. The van der Waals surface area contributed by atoms with Gasteiger partial charge >= 0.3 is 0 Å². The van der Waals surface area contributed by atoms with Crippen LogP contribution >= 0.6 is 0 Å². The van der Waals surface area contributed by atoms with E-state index in [1.807, 2.05) is 0 Å². The fraction of sp³-hybridized carbons (Fsp3) is 0.562. The van der Waals surface area contributed by atoms with Crippen molar-refractivity contribution >= 4 is 5.91 Å². The third-order valence-electron chi connectivity index (χ3n) is 3.35. The van der Waals surface area contributed by atoms with Crippen LogP contribution in [0.5, 0.6) is 0 Å². The van der Waals surface area contributed by atoms with Crippen molar-refractivity contribution in [2.45, 2.75) is 51.9 Å². The number of benzene rings is 1. The highest BCUT2D eigenvalue weighted by molar-refractivity contribution is 5.94. The molecule has 0 aliphatic rings. The summed E-state index contributed by atoms with van der Waals surface area (Å²) >= 11 is 0. The van der Waals surface area contributed by atoms with Gasteiger partial charge in [0.1, 0.15) is 0 Å². The summed E-state index contributed by atoms with van der Waals surface area (Å²) in [7, 11) is 0. The van der Waals surface area contributed by atoms with Crippen LogP contribution in [0, 0.1) is 17.5 Å². The lowest BCUT2D eigenvalue weighted by atomic mass is 10.1. The molecule has 0 saturated heterocycles. The Balaban J connectivity index is 2.27. The van der Waals surface area contributed by atoms with E-state index in [0.717, 1.165) is 31.4 Å². The van der Waals surface area contributed by atoms with Crippen molar-refractivity contribution in [3.8, 4) is 0 Å². The van der Waals surface area contributed by atoms with Gasteiger partial charge in [0.2, 0.25) is 0 Å². The number of carbonyl (C=O) groups is 1. The van der Waals surface area contributed by atoms with Gasteiger partial charge < -0.3 is 5.32 Å². The molecule has 0 radical (unpaired) electrons. The monoisotopic (exact) mass is 301 g/mol. The quantitative estimate of drug-likeness (QED) is 0.525. The molecule has 1 aromatic carbocycles. The van der Waals surface area contributed by atoms with Crippen LogP contribution in [-0.2, 0) is 0 Å². The average Bonchev–Trinajstić information content (AvgIpc) is 2.47. The molecule has 0 spiro atoms. The van der Waals surface area contributed by atoms with Gasteiger partial charge in [-0.1, -0.05) is 45.4 Å². The first-order valence-electron chi connectivity index (χ1n) is 7.49. The highest BCUT2D eigenvalue weighted by Crippen LogP contribution is 2.15. The van der Waals surface area contributed by atoms with Crippen LogP contribution in [0.1, 0.15) is 62.2 Å². The van der Waals surface area contributed by atoms with E-state index >= 15 is 0 Å². The van der Waals surface area contributed by atoms with Crippen molar-refractivity contribution < 1.29 is 18.0 Å². The van der Waals surface area contributed by atoms with Crippen LogP contribution in [0.2, 0.25) is 0 Å². The zero-order valence-corrected chi connectivity index (χ0v) is 12.4. The predicted octanol–water partition coefficient (Wildman–Crippen LogP) is 4.58. The number of nitrogens with one attached hydrogen (secondary N) is 1. The number of hydrogen-bond acceptors (Lipinski definition) is 1. The van der Waals surface area contributed by atoms with Crippen molar-refractivity contribution in [3.05, 3.63) is 35.1 Å². The van der Waals surface area contributed by atoms with E-state index in [0.29, 0.717) is 6.54 Å². The van der Waals surface area contributed by atoms with Gasteiger partial charge in [-0.05, 0) is 18.6 Å². The lowest BCUT2D eigenvalue weighted by Gasteiger charge is -2.07. The second-order valence-electron chi connectivity index (χ2n) is 5.10. The Labute approximate surface area is 123 Å². The van der Waals surface area contributed by atoms with E-state index in [9.17, 15) is 18.0 Å². The van der Waals surface area contributed by atoms with Crippen LogP contribution in [-0.4, -0.2) is 12.5 Å². The van der Waals surface area contributed by atoms with Crippen LogP contribution < -0.4 is 5.32 Å². The van der Waals surface area contributed by atoms with E-state index in [4.69, 9.17) is 0 Å². The third kappa shape index (κ3) is 5.78. The Bertz CT molecular complexity index is 463. The first-order valence-corrected chi connectivity index (χ1v) is 7.49. The average molecular weight is 301 g/mol. The summed E-state index contributed by atoms with van der Waals surface area (Å²) in [6.07, 6.45) is 7.74. The largest absolute Gasteiger partial charge is 0.352 e. The van der Waals surface area contributed by atoms with Crippen LogP contribution in [0.3, 0.4) is 0 Å². The van der Waals surface area contributed by atoms with Crippen LogP contribution in [0.25, 0.3) is 0 Å². The molecule has 1 N–H and O–H groups in total. The molecule has 21 heavy (non-hydrogen) atoms. The summed E-state index contributed by atoms with van der Waals surface area (Å²) < 4.78 is 39.2. The lowest BCUT2D eigenvalue weighted by molar-refractivity contribution is 0.0947. The maximum Gasteiger partial charge on any atom is 0.254 e. The smallest absolute Gasteiger partial charge is 0.254 e. The van der Waals surface area contributed by atoms with Crippen molar-refractivity contribution in [2.24, 2.45) is 0 Å². The van der Waals surface area contributed by atoms with Crippen molar-refractivity contribution in [2.75, 3.05) is 6.54 Å². The summed E-state index contributed by atoms with van der Waals surface area (Å²) in [5, 5.41) is 2.52. The van der Waals surface area contributed by atoms with Gasteiger partial charge in [0, 0.05) is 6.54 Å².